The summed E-state index contributed by atoms with van der Waals surface area (Å²) in [7, 11) is 0. The van der Waals surface area contributed by atoms with Gasteiger partial charge in [0.25, 0.3) is 0 Å². The van der Waals surface area contributed by atoms with Crippen molar-refractivity contribution in [2.45, 2.75) is 20.0 Å². The van der Waals surface area contributed by atoms with Crippen molar-refractivity contribution in [3.63, 3.8) is 0 Å². The van der Waals surface area contributed by atoms with E-state index in [0.29, 0.717) is 11.8 Å². The summed E-state index contributed by atoms with van der Waals surface area (Å²) < 4.78 is 53.4. The predicted octanol–water partition coefficient (Wildman–Crippen LogP) is 3.60. The Morgan fingerprint density at radius 1 is 1.29 bits per heavy atom. The Morgan fingerprint density at radius 2 is 1.88 bits per heavy atom. The van der Waals surface area contributed by atoms with Crippen LogP contribution in [-0.2, 0) is 9.53 Å². The molecule has 0 amide bonds. The van der Waals surface area contributed by atoms with E-state index in [1.807, 2.05) is 0 Å². The highest BCUT2D eigenvalue weighted by atomic mass is 32.2. The Morgan fingerprint density at radius 3 is 2.35 bits per heavy atom. The molecule has 0 rings (SSSR count). The lowest BCUT2D eigenvalue weighted by Gasteiger charge is -2.05. The highest BCUT2D eigenvalue weighted by Gasteiger charge is 2.29. The van der Waals surface area contributed by atoms with Gasteiger partial charge >= 0.3 is 12.1 Å². The summed E-state index contributed by atoms with van der Waals surface area (Å²) in [5.41, 5.74) is -0.766. The summed E-state index contributed by atoms with van der Waals surface area (Å²) in [6, 6.07) is 0. The van der Waals surface area contributed by atoms with Gasteiger partial charge in [-0.1, -0.05) is 17.8 Å². The predicted molar refractivity (Wildman–Crippen MR) is 58.1 cm³/mol. The molecule has 17 heavy (non-hydrogen) atoms. The smallest absolute Gasteiger partial charge is 0.412 e. The van der Waals surface area contributed by atoms with Crippen LogP contribution in [0, 0.1) is 0 Å². The Balaban J connectivity index is 4.00. The zero-order valence-corrected chi connectivity index (χ0v) is 10.1. The molecule has 0 aromatic heterocycles. The number of alkyl halides is 3. The fraction of sp³-hybridized carbons (Fsp3) is 0.500. The van der Waals surface area contributed by atoms with Gasteiger partial charge < -0.3 is 4.74 Å². The van der Waals surface area contributed by atoms with Gasteiger partial charge in [0.2, 0.25) is 0 Å². The van der Waals surface area contributed by atoms with E-state index >= 15 is 0 Å². The normalized spacial score (nSPS) is 13.8. The van der Waals surface area contributed by atoms with E-state index in [9.17, 15) is 22.4 Å². The van der Waals surface area contributed by atoms with Gasteiger partial charge in [-0.2, -0.15) is 17.6 Å². The number of thioether (sulfide) groups is 1. The molecule has 0 aliphatic rings. The number of carbonyl (C=O) groups is 1. The Hall–Kier alpha value is -0.980. The van der Waals surface area contributed by atoms with Crippen molar-refractivity contribution in [2.75, 3.05) is 12.4 Å². The molecule has 0 spiro atoms. The van der Waals surface area contributed by atoms with Crippen molar-refractivity contribution in [2.24, 2.45) is 0 Å². The number of allylic oxidation sites excluding steroid dienone is 1. The van der Waals surface area contributed by atoms with Crippen LogP contribution in [0.25, 0.3) is 0 Å². The van der Waals surface area contributed by atoms with Crippen LogP contribution >= 0.6 is 11.8 Å². The third-order valence-corrected chi connectivity index (χ3v) is 2.36. The first-order valence-corrected chi connectivity index (χ1v) is 5.58. The van der Waals surface area contributed by atoms with Gasteiger partial charge in [0.1, 0.15) is 6.61 Å². The monoisotopic (exact) mass is 272 g/mol. The number of rotatable bonds is 5. The summed E-state index contributed by atoms with van der Waals surface area (Å²) in [5.74, 6) is -0.680. The molecule has 0 aromatic rings. The van der Waals surface area contributed by atoms with E-state index in [1.165, 1.54) is 6.92 Å². The maximum atomic E-state index is 12.9. The van der Waals surface area contributed by atoms with Crippen LogP contribution in [0.2, 0.25) is 0 Å². The molecule has 0 aromatic carbocycles. The van der Waals surface area contributed by atoms with Gasteiger partial charge in [-0.3, -0.25) is 4.79 Å². The molecule has 0 unspecified atom stereocenters. The maximum absolute atomic E-state index is 12.9. The summed E-state index contributed by atoms with van der Waals surface area (Å²) in [6.07, 6.45) is -2.49. The maximum Gasteiger partial charge on any atom is 0.412 e. The molecular formula is C10H12F4O2S. The molecule has 0 atom stereocenters. The zero-order valence-electron chi connectivity index (χ0n) is 9.31. The Bertz CT molecular complexity index is 321. The first-order valence-electron chi connectivity index (χ1n) is 4.59. The fourth-order valence-electron chi connectivity index (χ4n) is 0.645. The van der Waals surface area contributed by atoms with Gasteiger partial charge in [0.05, 0.1) is 0 Å². The van der Waals surface area contributed by atoms with Gasteiger partial charge in [-0.25, -0.2) is 0 Å². The van der Waals surface area contributed by atoms with Crippen LogP contribution in [0.5, 0.6) is 0 Å². The van der Waals surface area contributed by atoms with E-state index < -0.39 is 22.9 Å². The third kappa shape index (κ3) is 8.79. The lowest BCUT2D eigenvalue weighted by Crippen LogP contribution is -2.08. The van der Waals surface area contributed by atoms with Crippen LogP contribution in [0.15, 0.2) is 22.9 Å². The van der Waals surface area contributed by atoms with Crippen molar-refractivity contribution in [1.29, 1.82) is 0 Å². The highest BCUT2D eigenvalue weighted by Crippen LogP contribution is 2.26. The molecule has 0 saturated carbocycles. The van der Waals surface area contributed by atoms with Crippen molar-refractivity contribution >= 4 is 17.7 Å². The van der Waals surface area contributed by atoms with Crippen molar-refractivity contribution in [1.82, 2.24) is 0 Å². The quantitative estimate of drug-likeness (QED) is 0.434. The average molecular weight is 272 g/mol. The van der Waals surface area contributed by atoms with Crippen LogP contribution in [0.4, 0.5) is 17.6 Å². The number of hydrogen-bond donors (Lipinski definition) is 0. The second kappa shape index (κ2) is 7.37. The lowest BCUT2D eigenvalue weighted by atomic mass is 10.3. The number of hydrogen-bond acceptors (Lipinski definition) is 3. The second-order valence-corrected chi connectivity index (χ2v) is 4.02. The van der Waals surface area contributed by atoms with Crippen molar-refractivity contribution < 1.29 is 27.1 Å². The molecule has 0 fully saturated rings. The molecule has 2 nitrogen and oxygen atoms in total. The molecule has 0 bridgehead atoms. The molecule has 0 aliphatic carbocycles. The van der Waals surface area contributed by atoms with E-state index in [1.54, 1.807) is 0 Å². The molecule has 0 heterocycles. The van der Waals surface area contributed by atoms with Gasteiger partial charge in [-0.05, 0) is 13.0 Å². The largest absolute Gasteiger partial charge is 0.462 e. The molecule has 0 saturated heterocycles. The number of esters is 1. The number of carbonyl (C=O) groups excluding carboxylic acids is 1. The number of ether oxygens (including phenoxy) is 1. The third-order valence-electron chi connectivity index (χ3n) is 1.59. The molecule has 0 radical (unpaired) electrons. The minimum Gasteiger partial charge on any atom is -0.462 e. The molecule has 0 aliphatic heterocycles. The van der Waals surface area contributed by atoms with E-state index in [0.717, 1.165) is 19.1 Å². The molecule has 98 valence electrons. The fourth-order valence-corrected chi connectivity index (χ4v) is 1.32. The van der Waals surface area contributed by atoms with Crippen LogP contribution in [0.3, 0.4) is 0 Å². The minimum atomic E-state index is -4.38. The zero-order chi connectivity index (χ0) is 13.5. The first-order chi connectivity index (χ1) is 7.73. The Kier molecular flexibility index (Phi) is 6.94. The standard InChI is InChI=1S/C10H12F4O2S/c1-7(10(12,13)14)4-6-17-9(11)3-5-16-8(2)15/h3-4H,5-6H2,1-2H3. The van der Waals surface area contributed by atoms with Crippen molar-refractivity contribution in [3.8, 4) is 0 Å². The van der Waals surface area contributed by atoms with Crippen LogP contribution < -0.4 is 0 Å². The second-order valence-electron chi connectivity index (χ2n) is 3.01. The van der Waals surface area contributed by atoms with Gasteiger partial charge in [0.15, 0.2) is 5.16 Å². The summed E-state index contributed by atoms with van der Waals surface area (Å²) in [6.45, 7) is 1.87. The molecule has 0 N–H and O–H groups in total. The van der Waals surface area contributed by atoms with E-state index in [2.05, 4.69) is 4.74 Å². The summed E-state index contributed by atoms with van der Waals surface area (Å²) in [5, 5.41) is -0.683. The first kappa shape index (κ1) is 16.0. The van der Waals surface area contributed by atoms with Crippen LogP contribution in [-0.4, -0.2) is 24.5 Å². The van der Waals surface area contributed by atoms with Crippen molar-refractivity contribution in [3.05, 3.63) is 22.9 Å². The minimum absolute atomic E-state index is 0.131. The van der Waals surface area contributed by atoms with Crippen LogP contribution in [0.1, 0.15) is 13.8 Å². The van der Waals surface area contributed by atoms with E-state index in [-0.39, 0.29) is 12.4 Å². The number of halogens is 4. The van der Waals surface area contributed by atoms with Gasteiger partial charge in [0, 0.05) is 18.2 Å². The van der Waals surface area contributed by atoms with E-state index in [4.69, 9.17) is 0 Å². The Labute approximate surface area is 101 Å². The topological polar surface area (TPSA) is 26.3 Å². The van der Waals surface area contributed by atoms with Gasteiger partial charge in [-0.15, -0.1) is 0 Å². The lowest BCUT2D eigenvalue weighted by molar-refractivity contribution is -0.139. The highest BCUT2D eigenvalue weighted by molar-refractivity contribution is 8.02. The molecular weight excluding hydrogens is 260 g/mol. The summed E-state index contributed by atoms with van der Waals surface area (Å²) >= 11 is 0.599. The SMILES string of the molecule is CC(=O)OCC=C(F)SCC=C(C)C(F)(F)F. The molecule has 7 heteroatoms. The summed E-state index contributed by atoms with van der Waals surface area (Å²) in [4.78, 5) is 10.3. The average Bonchev–Trinajstić information content (AvgIpc) is 2.15.